The minimum Gasteiger partial charge on any atom is -0.299 e. The monoisotopic (exact) mass is 514 g/mol. The molecule has 2 heterocycles. The Bertz CT molecular complexity index is 1330. The summed E-state index contributed by atoms with van der Waals surface area (Å²) in [7, 11) is 0. The van der Waals surface area contributed by atoms with Gasteiger partial charge in [0.05, 0.1) is 22.4 Å². The molecule has 5 rings (SSSR count). The number of piperidine rings is 1. The second kappa shape index (κ2) is 12.5. The molecule has 0 spiro atoms. The van der Waals surface area contributed by atoms with Crippen molar-refractivity contribution in [2.45, 2.75) is 38.6 Å². The number of unbranched alkanes of at least 4 members (excludes halogenated alkanes) is 1. The molecule has 2 N–H and O–H groups in total. The van der Waals surface area contributed by atoms with Crippen LogP contribution in [0.3, 0.4) is 0 Å². The van der Waals surface area contributed by atoms with Gasteiger partial charge in [-0.05, 0) is 55.8 Å². The summed E-state index contributed by atoms with van der Waals surface area (Å²) in [5, 5.41) is 0. The maximum Gasteiger partial charge on any atom is 0.231 e. The van der Waals surface area contributed by atoms with Crippen molar-refractivity contribution in [2.24, 2.45) is 5.92 Å². The van der Waals surface area contributed by atoms with Gasteiger partial charge in [-0.1, -0.05) is 73.2 Å². The molecule has 1 aromatic heterocycles. The number of para-hydroxylation sites is 2. The zero-order valence-electron chi connectivity index (χ0n) is 21.1. The fraction of sp³-hybridized carbons (Fsp3) is 0.333. The molecule has 3 aromatic carbocycles. The van der Waals surface area contributed by atoms with Crippen molar-refractivity contribution >= 4 is 22.3 Å². The Morgan fingerprint density at radius 3 is 2.19 bits per heavy atom. The quantitative estimate of drug-likeness (QED) is 0.198. The summed E-state index contributed by atoms with van der Waals surface area (Å²) in [6.07, 6.45) is 5.71. The molecule has 4 aromatic rings. The largest absolute Gasteiger partial charge is 0.299 e. The molecule has 2 atom stereocenters. The molecule has 0 saturated carbocycles. The second-order valence-corrected chi connectivity index (χ2v) is 10.6. The van der Waals surface area contributed by atoms with E-state index in [2.05, 4.69) is 46.0 Å². The average Bonchev–Trinajstić information content (AvgIpc) is 2.93. The molecule has 2 unspecified atom stereocenters. The van der Waals surface area contributed by atoms with E-state index in [1.807, 2.05) is 42.5 Å². The molecule has 6 nitrogen and oxygen atoms in total. The van der Waals surface area contributed by atoms with E-state index >= 15 is 0 Å². The molecular weight excluding hydrogens is 480 g/mol. The summed E-state index contributed by atoms with van der Waals surface area (Å²) in [6, 6.07) is 27.1. The third-order valence-corrected chi connectivity index (χ3v) is 7.57. The SMILES string of the molecule is O=S(O)NCCCCC1CCCN(Cc2ccc(-c3nc4ccccc4nc3-c3ccccc3)cc2)C1. The Balaban J connectivity index is 1.27. The van der Waals surface area contributed by atoms with E-state index in [9.17, 15) is 4.21 Å². The molecule has 0 bridgehead atoms. The minimum absolute atomic E-state index is 0.597. The van der Waals surface area contributed by atoms with Gasteiger partial charge >= 0.3 is 0 Å². The number of rotatable bonds is 10. The van der Waals surface area contributed by atoms with Gasteiger partial charge in [0.25, 0.3) is 0 Å². The van der Waals surface area contributed by atoms with Gasteiger partial charge in [0.15, 0.2) is 0 Å². The molecule has 1 aliphatic rings. The van der Waals surface area contributed by atoms with Gasteiger partial charge < -0.3 is 0 Å². The summed E-state index contributed by atoms with van der Waals surface area (Å²) >= 11 is -1.90. The fourth-order valence-corrected chi connectivity index (χ4v) is 5.59. The van der Waals surface area contributed by atoms with E-state index in [0.717, 1.165) is 66.0 Å². The summed E-state index contributed by atoms with van der Waals surface area (Å²) in [5.74, 6) is 0.703. The first-order chi connectivity index (χ1) is 18.2. The van der Waals surface area contributed by atoms with E-state index in [1.165, 1.54) is 24.8 Å². The predicted molar refractivity (Wildman–Crippen MR) is 151 cm³/mol. The van der Waals surface area contributed by atoms with Crippen molar-refractivity contribution in [1.82, 2.24) is 19.6 Å². The Morgan fingerprint density at radius 1 is 0.865 bits per heavy atom. The van der Waals surface area contributed by atoms with Crippen LogP contribution in [-0.2, 0) is 17.8 Å². The van der Waals surface area contributed by atoms with Gasteiger partial charge in [-0.25, -0.2) is 18.9 Å². The fourth-order valence-electron chi connectivity index (χ4n) is 5.27. The number of nitrogens with zero attached hydrogens (tertiary/aromatic N) is 3. The summed E-state index contributed by atoms with van der Waals surface area (Å²) < 4.78 is 22.1. The van der Waals surface area contributed by atoms with Crippen LogP contribution in [0.25, 0.3) is 33.5 Å². The standard InChI is InChI=1S/C30H34N4O2S/c35-37(36)31-19-7-6-9-23-10-8-20-34(21-23)22-24-15-17-26(18-16-24)30-29(25-11-2-1-3-12-25)32-27-13-4-5-14-28(27)33-30/h1-5,11-18,23,31H,6-10,19-22H2,(H,35,36). The Hall–Kier alpha value is -2.97. The van der Waals surface area contributed by atoms with Gasteiger partial charge in [-0.2, -0.15) is 0 Å². The van der Waals surface area contributed by atoms with Gasteiger partial charge in [0.2, 0.25) is 11.3 Å². The summed E-state index contributed by atoms with van der Waals surface area (Å²) in [6.45, 7) is 3.81. The molecule has 0 amide bonds. The van der Waals surface area contributed by atoms with E-state index in [0.29, 0.717) is 12.5 Å². The van der Waals surface area contributed by atoms with Crippen LogP contribution >= 0.6 is 0 Å². The summed E-state index contributed by atoms with van der Waals surface area (Å²) in [4.78, 5) is 12.6. The van der Waals surface area contributed by atoms with Gasteiger partial charge in [0, 0.05) is 30.8 Å². The number of nitrogens with one attached hydrogen (secondary N) is 1. The van der Waals surface area contributed by atoms with Crippen LogP contribution in [0.5, 0.6) is 0 Å². The zero-order valence-corrected chi connectivity index (χ0v) is 21.9. The van der Waals surface area contributed by atoms with Crippen molar-refractivity contribution < 1.29 is 8.76 Å². The highest BCUT2D eigenvalue weighted by molar-refractivity contribution is 7.77. The lowest BCUT2D eigenvalue weighted by atomic mass is 9.92. The van der Waals surface area contributed by atoms with Gasteiger partial charge in [0.1, 0.15) is 0 Å². The first kappa shape index (κ1) is 25.7. The highest BCUT2D eigenvalue weighted by atomic mass is 32.2. The van der Waals surface area contributed by atoms with E-state index in [1.54, 1.807) is 0 Å². The zero-order chi connectivity index (χ0) is 25.5. The van der Waals surface area contributed by atoms with Crippen molar-refractivity contribution in [3.63, 3.8) is 0 Å². The lowest BCUT2D eigenvalue weighted by Gasteiger charge is -2.33. The van der Waals surface area contributed by atoms with Crippen LogP contribution in [0.2, 0.25) is 0 Å². The second-order valence-electron chi connectivity index (χ2n) is 9.86. The summed E-state index contributed by atoms with van der Waals surface area (Å²) in [5.41, 5.74) is 7.09. The molecule has 1 saturated heterocycles. The number of hydrogen-bond acceptors (Lipinski definition) is 4. The highest BCUT2D eigenvalue weighted by Crippen LogP contribution is 2.31. The molecule has 0 radical (unpaired) electrons. The molecule has 7 heteroatoms. The van der Waals surface area contributed by atoms with E-state index in [-0.39, 0.29) is 0 Å². The Labute approximate surface area is 221 Å². The average molecular weight is 515 g/mol. The first-order valence-electron chi connectivity index (χ1n) is 13.1. The Kier molecular flexibility index (Phi) is 8.68. The number of aromatic nitrogens is 2. The minimum atomic E-state index is -1.90. The topological polar surface area (TPSA) is 78.4 Å². The van der Waals surface area contributed by atoms with Crippen LogP contribution < -0.4 is 4.72 Å². The van der Waals surface area contributed by atoms with Crippen LogP contribution in [0.4, 0.5) is 0 Å². The van der Waals surface area contributed by atoms with Crippen molar-refractivity contribution in [3.05, 3.63) is 84.4 Å². The number of fused-ring (bicyclic) bond motifs is 1. The van der Waals surface area contributed by atoms with Crippen molar-refractivity contribution in [3.8, 4) is 22.5 Å². The maximum absolute atomic E-state index is 10.7. The molecule has 1 fully saturated rings. The van der Waals surface area contributed by atoms with Gasteiger partial charge in [-0.3, -0.25) is 9.45 Å². The number of likely N-dealkylation sites (tertiary alicyclic amines) is 1. The van der Waals surface area contributed by atoms with E-state index < -0.39 is 11.3 Å². The van der Waals surface area contributed by atoms with Crippen LogP contribution in [-0.4, -0.2) is 43.3 Å². The number of benzene rings is 3. The van der Waals surface area contributed by atoms with E-state index in [4.69, 9.17) is 14.5 Å². The predicted octanol–water partition coefficient (Wildman–Crippen LogP) is 6.07. The Morgan fingerprint density at radius 2 is 1.51 bits per heavy atom. The third-order valence-electron chi connectivity index (χ3n) is 7.12. The molecular formula is C30H34N4O2S. The third kappa shape index (κ3) is 6.87. The molecule has 1 aliphatic heterocycles. The number of hydrogen-bond donors (Lipinski definition) is 2. The lowest BCUT2D eigenvalue weighted by molar-refractivity contribution is 0.160. The van der Waals surface area contributed by atoms with Crippen LogP contribution in [0.15, 0.2) is 78.9 Å². The van der Waals surface area contributed by atoms with Gasteiger partial charge in [-0.15, -0.1) is 0 Å². The molecule has 0 aliphatic carbocycles. The highest BCUT2D eigenvalue weighted by Gasteiger charge is 2.20. The lowest BCUT2D eigenvalue weighted by Crippen LogP contribution is -2.34. The normalized spacial score (nSPS) is 17.2. The first-order valence-corrected chi connectivity index (χ1v) is 14.2. The van der Waals surface area contributed by atoms with Crippen molar-refractivity contribution in [2.75, 3.05) is 19.6 Å². The van der Waals surface area contributed by atoms with Crippen molar-refractivity contribution in [1.29, 1.82) is 0 Å². The smallest absolute Gasteiger partial charge is 0.231 e. The maximum atomic E-state index is 10.7. The van der Waals surface area contributed by atoms with Crippen LogP contribution in [0.1, 0.15) is 37.7 Å². The molecule has 192 valence electrons. The molecule has 37 heavy (non-hydrogen) atoms. The van der Waals surface area contributed by atoms with Crippen LogP contribution in [0, 0.1) is 5.92 Å².